The monoisotopic (exact) mass is 742 g/mol. The highest BCUT2D eigenvalue weighted by atomic mass is 16.8. The van der Waals surface area contributed by atoms with Gasteiger partial charge in [-0.2, -0.15) is 0 Å². The fourth-order valence-corrected chi connectivity index (χ4v) is 6.33. The number of aliphatic hydroxyl groups excluding tert-OH is 6. The van der Waals surface area contributed by atoms with Crippen molar-refractivity contribution < 1.29 is 93.4 Å². The number of ether oxygens (including phenoxy) is 9. The Balaban J connectivity index is 1.17. The molecule has 6 rings (SSSR count). The van der Waals surface area contributed by atoms with Crippen LogP contribution in [0.2, 0.25) is 0 Å². The van der Waals surface area contributed by atoms with E-state index in [2.05, 4.69) is 0 Å². The van der Waals surface area contributed by atoms with E-state index in [4.69, 9.17) is 42.6 Å². The predicted octanol–water partition coefficient (Wildman–Crippen LogP) is -2.78. The van der Waals surface area contributed by atoms with Crippen molar-refractivity contribution in [2.24, 2.45) is 0 Å². The molecule has 0 aromatic heterocycles. The van der Waals surface area contributed by atoms with Gasteiger partial charge in [-0.25, -0.2) is 0 Å². The number of benzene rings is 2. The lowest BCUT2D eigenvalue weighted by Gasteiger charge is -2.42. The first kappa shape index (κ1) is 38.3. The van der Waals surface area contributed by atoms with Gasteiger partial charge in [0, 0.05) is 12.1 Å². The van der Waals surface area contributed by atoms with Crippen LogP contribution in [0, 0.1) is 0 Å². The molecule has 0 saturated carbocycles. The lowest BCUT2D eigenvalue weighted by atomic mass is 9.95. The molecule has 3 fully saturated rings. The SMILES string of the molecule is COc1cc(O)c2c(c1)O[C@H](c1ccc(O[C@@H]3O[C@H](CO)[C@@H](O)[C@H](O)[C@H]3O[C@@H]3OC[C@](O)(CO[C@@H]4OC[C@](O)(CO)[C@H]4O)[C@H]3O)c(OC)c1)CC2=O. The number of phenols is 1. The van der Waals surface area contributed by atoms with E-state index in [-0.39, 0.29) is 46.5 Å². The smallest absolute Gasteiger partial charge is 0.229 e. The number of rotatable bonds is 12. The summed E-state index contributed by atoms with van der Waals surface area (Å²) in [5.41, 5.74) is -3.61. The van der Waals surface area contributed by atoms with Crippen molar-refractivity contribution in [3.05, 3.63) is 41.5 Å². The molecule has 52 heavy (non-hydrogen) atoms. The average molecular weight is 743 g/mol. The molecule has 3 saturated heterocycles. The Hall–Kier alpha value is -3.41. The van der Waals surface area contributed by atoms with Crippen LogP contribution in [0.3, 0.4) is 0 Å². The minimum atomic E-state index is -2.15. The molecule has 0 bridgehead atoms. The third-order valence-corrected chi connectivity index (χ3v) is 9.51. The number of phenolic OH excluding ortho intramolecular Hbond substituents is 1. The zero-order chi connectivity index (χ0) is 37.5. The summed E-state index contributed by atoms with van der Waals surface area (Å²) in [5.74, 6) is -0.0810. The van der Waals surface area contributed by atoms with E-state index in [1.165, 1.54) is 38.5 Å². The lowest BCUT2D eigenvalue weighted by Crippen LogP contribution is -2.62. The first-order chi connectivity index (χ1) is 24.7. The number of carbonyl (C=O) groups is 1. The lowest BCUT2D eigenvalue weighted by molar-refractivity contribution is -0.319. The van der Waals surface area contributed by atoms with E-state index in [9.17, 15) is 50.8 Å². The van der Waals surface area contributed by atoms with E-state index in [0.29, 0.717) is 5.56 Å². The number of Topliss-reactive ketones (excluding diaryl/α,β-unsaturated/α-hetero) is 1. The van der Waals surface area contributed by atoms with Crippen LogP contribution in [0.4, 0.5) is 0 Å². The van der Waals surface area contributed by atoms with Crippen molar-refractivity contribution in [3.63, 3.8) is 0 Å². The van der Waals surface area contributed by atoms with Gasteiger partial charge >= 0.3 is 0 Å². The van der Waals surface area contributed by atoms with E-state index >= 15 is 0 Å². The number of fused-ring (bicyclic) bond motifs is 1. The summed E-state index contributed by atoms with van der Waals surface area (Å²) in [6.45, 7) is -3.25. The average Bonchev–Trinajstić information content (AvgIpc) is 3.59. The van der Waals surface area contributed by atoms with Gasteiger partial charge in [-0.05, 0) is 17.7 Å². The molecule has 4 aliphatic rings. The predicted molar refractivity (Wildman–Crippen MR) is 168 cm³/mol. The Morgan fingerprint density at radius 2 is 1.58 bits per heavy atom. The molecule has 0 aliphatic carbocycles. The summed E-state index contributed by atoms with van der Waals surface area (Å²) in [4.78, 5) is 13.0. The molecule has 4 heterocycles. The van der Waals surface area contributed by atoms with E-state index < -0.39 is 106 Å². The van der Waals surface area contributed by atoms with Crippen LogP contribution in [-0.2, 0) is 23.7 Å². The highest BCUT2D eigenvalue weighted by molar-refractivity contribution is 6.02. The van der Waals surface area contributed by atoms with Crippen molar-refractivity contribution in [2.45, 2.75) is 79.2 Å². The largest absolute Gasteiger partial charge is 0.507 e. The van der Waals surface area contributed by atoms with Gasteiger partial charge in [-0.3, -0.25) is 4.79 Å². The number of ketones is 1. The Kier molecular flexibility index (Phi) is 11.2. The van der Waals surface area contributed by atoms with Crippen molar-refractivity contribution in [3.8, 4) is 28.7 Å². The molecule has 2 aromatic rings. The zero-order valence-corrected chi connectivity index (χ0v) is 28.0. The second kappa shape index (κ2) is 15.1. The van der Waals surface area contributed by atoms with Crippen molar-refractivity contribution in [2.75, 3.05) is 47.3 Å². The summed E-state index contributed by atoms with van der Waals surface area (Å²) in [6, 6.07) is 7.36. The Bertz CT molecular complexity index is 1590. The van der Waals surface area contributed by atoms with Crippen LogP contribution in [0.25, 0.3) is 0 Å². The van der Waals surface area contributed by atoms with E-state index in [1.54, 1.807) is 6.07 Å². The van der Waals surface area contributed by atoms with Gasteiger partial charge in [-0.1, -0.05) is 6.07 Å². The van der Waals surface area contributed by atoms with Gasteiger partial charge in [0.1, 0.15) is 70.6 Å². The number of hydrogen-bond acceptors (Lipinski definition) is 19. The number of methoxy groups -OCH3 is 2. The zero-order valence-electron chi connectivity index (χ0n) is 28.0. The molecule has 12 atom stereocenters. The van der Waals surface area contributed by atoms with Crippen molar-refractivity contribution in [1.29, 1.82) is 0 Å². The first-order valence-corrected chi connectivity index (χ1v) is 16.3. The Morgan fingerprint density at radius 3 is 2.25 bits per heavy atom. The Labute approximate surface area is 295 Å². The fraction of sp³-hybridized carbons (Fsp3) is 0.606. The standard InChI is InChI=1S/C33H42O19/c1-44-15-6-16(36)23-17(37)8-19(49-21(23)7-15)14-3-4-18(20(5-14)45-2)50-29-26(25(39)24(38)22(9-34)51-29)52-31-28(41)33(43,13-48-31)12-47-30-27(40)32(42,10-35)11-46-30/h3-7,19,22,24-31,34-36,38-43H,8-13H2,1-2H3/t19-,22+,24+,25-,26+,27-,28-,29+,30-,31-,32+,33+/m0/s1. The van der Waals surface area contributed by atoms with E-state index in [1.807, 2.05) is 0 Å². The molecule has 19 heteroatoms. The highest BCUT2D eigenvalue weighted by Gasteiger charge is 2.55. The van der Waals surface area contributed by atoms with Crippen LogP contribution in [-0.4, -0.2) is 166 Å². The topological polar surface area (TPSA) is 282 Å². The second-order valence-electron chi connectivity index (χ2n) is 13.0. The molecule has 9 N–H and O–H groups in total. The second-order valence-corrected chi connectivity index (χ2v) is 13.0. The number of carbonyl (C=O) groups excluding carboxylic acids is 1. The molecule has 19 nitrogen and oxygen atoms in total. The normalized spacial score (nSPS) is 37.4. The first-order valence-electron chi connectivity index (χ1n) is 16.3. The van der Waals surface area contributed by atoms with Gasteiger partial charge in [0.25, 0.3) is 0 Å². The Morgan fingerprint density at radius 1 is 0.865 bits per heavy atom. The number of aliphatic hydroxyl groups is 8. The maximum absolute atomic E-state index is 13.0. The number of hydrogen-bond donors (Lipinski definition) is 9. The molecule has 0 amide bonds. The van der Waals surface area contributed by atoms with Gasteiger partial charge in [-0.15, -0.1) is 0 Å². The highest BCUT2D eigenvalue weighted by Crippen LogP contribution is 2.44. The third kappa shape index (κ3) is 7.12. The van der Waals surface area contributed by atoms with Crippen LogP contribution in [0.1, 0.15) is 28.4 Å². The summed E-state index contributed by atoms with van der Waals surface area (Å²) < 4.78 is 50.4. The molecule has 288 valence electrons. The molecular formula is C33H42O19. The van der Waals surface area contributed by atoms with Gasteiger partial charge in [0.15, 0.2) is 36.0 Å². The summed E-state index contributed by atoms with van der Waals surface area (Å²) in [6.07, 6.45) is -15.5. The maximum atomic E-state index is 13.0. The summed E-state index contributed by atoms with van der Waals surface area (Å²) >= 11 is 0. The maximum Gasteiger partial charge on any atom is 0.229 e. The molecular weight excluding hydrogens is 700 g/mol. The van der Waals surface area contributed by atoms with Crippen LogP contribution < -0.4 is 18.9 Å². The van der Waals surface area contributed by atoms with Crippen LogP contribution in [0.5, 0.6) is 28.7 Å². The van der Waals surface area contributed by atoms with Crippen LogP contribution >= 0.6 is 0 Å². The van der Waals surface area contributed by atoms with Gasteiger partial charge in [0.05, 0.1) is 53.7 Å². The third-order valence-electron chi connectivity index (χ3n) is 9.51. The van der Waals surface area contributed by atoms with Crippen molar-refractivity contribution >= 4 is 5.78 Å². The quantitative estimate of drug-likeness (QED) is 0.106. The van der Waals surface area contributed by atoms with E-state index in [0.717, 1.165) is 0 Å². The van der Waals surface area contributed by atoms with Gasteiger partial charge < -0.3 is 88.6 Å². The molecule has 0 spiro atoms. The molecule has 4 aliphatic heterocycles. The molecule has 0 radical (unpaired) electrons. The van der Waals surface area contributed by atoms with Gasteiger partial charge in [0.2, 0.25) is 6.29 Å². The molecule has 0 unspecified atom stereocenters. The van der Waals surface area contributed by atoms with Crippen molar-refractivity contribution in [1.82, 2.24) is 0 Å². The van der Waals surface area contributed by atoms with Crippen LogP contribution in [0.15, 0.2) is 30.3 Å². The minimum absolute atomic E-state index is 0.0303. The number of aromatic hydroxyl groups is 1. The minimum Gasteiger partial charge on any atom is -0.507 e. The molecule has 2 aromatic carbocycles. The fourth-order valence-electron chi connectivity index (χ4n) is 6.33. The summed E-state index contributed by atoms with van der Waals surface area (Å²) in [5, 5.41) is 93.7. The summed E-state index contributed by atoms with van der Waals surface area (Å²) in [7, 11) is 2.74.